The van der Waals surface area contributed by atoms with Crippen LogP contribution in [-0.2, 0) is 20.0 Å². The quantitative estimate of drug-likeness (QED) is 0.706. The van der Waals surface area contributed by atoms with Crippen LogP contribution in [0.5, 0.6) is 0 Å². The van der Waals surface area contributed by atoms with Crippen molar-refractivity contribution in [2.24, 2.45) is 5.73 Å². The van der Waals surface area contributed by atoms with Gasteiger partial charge in [-0.05, 0) is 30.9 Å². The molecule has 8 heteroatoms. The summed E-state index contributed by atoms with van der Waals surface area (Å²) < 4.78 is 22.5. The van der Waals surface area contributed by atoms with Crippen LogP contribution in [0.1, 0.15) is 44.1 Å². The van der Waals surface area contributed by atoms with Gasteiger partial charge in [0.25, 0.3) is 0 Å². The van der Waals surface area contributed by atoms with Crippen molar-refractivity contribution >= 4 is 39.8 Å². The number of rotatable bonds is 7. The van der Waals surface area contributed by atoms with Gasteiger partial charge in [-0.1, -0.05) is 49.1 Å². The Morgan fingerprint density at radius 1 is 1.27 bits per heavy atom. The van der Waals surface area contributed by atoms with Gasteiger partial charge < -0.3 is 11.1 Å². The maximum Gasteiger partial charge on any atom is 0.236 e. The zero-order valence-corrected chi connectivity index (χ0v) is 17.4. The van der Waals surface area contributed by atoms with Crippen LogP contribution >= 0.6 is 24.0 Å². The van der Waals surface area contributed by atoms with E-state index in [1.165, 1.54) is 6.42 Å². The van der Waals surface area contributed by atoms with E-state index in [2.05, 4.69) is 5.32 Å². The molecule has 1 aliphatic rings. The lowest BCUT2D eigenvalue weighted by atomic mass is 9.69. The molecule has 1 amide bonds. The van der Waals surface area contributed by atoms with E-state index >= 15 is 0 Å². The minimum absolute atomic E-state index is 0. The first-order valence-corrected chi connectivity index (χ1v) is 11.1. The number of benzene rings is 1. The minimum Gasteiger partial charge on any atom is -0.354 e. The van der Waals surface area contributed by atoms with Crippen LogP contribution in [0.2, 0.25) is 5.02 Å². The van der Waals surface area contributed by atoms with Crippen molar-refractivity contribution in [2.75, 3.05) is 18.6 Å². The fourth-order valence-electron chi connectivity index (χ4n) is 3.52. The highest BCUT2D eigenvalue weighted by molar-refractivity contribution is 7.90. The van der Waals surface area contributed by atoms with Crippen molar-refractivity contribution in [3.63, 3.8) is 0 Å². The van der Waals surface area contributed by atoms with Crippen LogP contribution in [0.3, 0.4) is 0 Å². The molecule has 0 spiro atoms. The van der Waals surface area contributed by atoms with Gasteiger partial charge in [-0.3, -0.25) is 4.79 Å². The third-order valence-corrected chi connectivity index (χ3v) is 6.30. The number of nitrogens with one attached hydrogen (secondary N) is 1. The largest absolute Gasteiger partial charge is 0.354 e. The first-order valence-electron chi connectivity index (χ1n) is 8.70. The third kappa shape index (κ3) is 6.41. The number of hydrogen-bond donors (Lipinski definition) is 2. The number of carbonyl (C=O) groups is 1. The summed E-state index contributed by atoms with van der Waals surface area (Å²) in [4.78, 5) is 12.3. The van der Waals surface area contributed by atoms with E-state index in [-0.39, 0.29) is 35.9 Å². The molecule has 1 atom stereocenters. The van der Waals surface area contributed by atoms with Crippen molar-refractivity contribution in [3.8, 4) is 0 Å². The molecule has 1 aromatic carbocycles. The summed E-state index contributed by atoms with van der Waals surface area (Å²) in [6.07, 6.45) is 6.59. The van der Waals surface area contributed by atoms with Crippen molar-refractivity contribution < 1.29 is 13.2 Å². The number of halogens is 2. The topological polar surface area (TPSA) is 89.3 Å². The highest BCUT2D eigenvalue weighted by Gasteiger charge is 2.36. The standard InChI is InChI=1S/C18H27ClN2O3S.ClH/c1-25(23,24)12-9-16(20)17(22)21-13-18(10-5-2-6-11-18)14-7-3-4-8-15(14)19;/h3-4,7-8,16H,2,5-6,9-13,20H2,1H3,(H,21,22);1H. The van der Waals surface area contributed by atoms with Crippen LogP contribution in [0.25, 0.3) is 0 Å². The van der Waals surface area contributed by atoms with E-state index < -0.39 is 15.9 Å². The lowest BCUT2D eigenvalue weighted by Gasteiger charge is -2.39. The molecule has 1 saturated carbocycles. The highest BCUT2D eigenvalue weighted by Crippen LogP contribution is 2.41. The molecule has 0 radical (unpaired) electrons. The first kappa shape index (κ1) is 23.2. The molecular weight excluding hydrogens is 395 g/mol. The van der Waals surface area contributed by atoms with E-state index in [9.17, 15) is 13.2 Å². The first-order chi connectivity index (χ1) is 11.7. The second-order valence-corrected chi connectivity index (χ2v) is 9.73. The summed E-state index contributed by atoms with van der Waals surface area (Å²) in [6, 6.07) is 6.97. The van der Waals surface area contributed by atoms with Gasteiger partial charge in [-0.15, -0.1) is 12.4 Å². The predicted molar refractivity (Wildman–Crippen MR) is 109 cm³/mol. The molecule has 2 rings (SSSR count). The molecule has 0 saturated heterocycles. The van der Waals surface area contributed by atoms with Crippen LogP contribution < -0.4 is 11.1 Å². The summed E-state index contributed by atoms with van der Waals surface area (Å²) >= 11 is 6.42. The third-order valence-electron chi connectivity index (χ3n) is 4.99. The second-order valence-electron chi connectivity index (χ2n) is 7.06. The van der Waals surface area contributed by atoms with E-state index in [4.69, 9.17) is 17.3 Å². The fourth-order valence-corrected chi connectivity index (χ4v) is 4.54. The van der Waals surface area contributed by atoms with Crippen molar-refractivity contribution in [1.29, 1.82) is 0 Å². The summed E-state index contributed by atoms with van der Waals surface area (Å²) in [5.41, 5.74) is 6.74. The monoisotopic (exact) mass is 422 g/mol. The van der Waals surface area contributed by atoms with Crippen molar-refractivity contribution in [2.45, 2.75) is 50.0 Å². The van der Waals surface area contributed by atoms with Gasteiger partial charge in [0.05, 0.1) is 11.8 Å². The fraction of sp³-hybridized carbons (Fsp3) is 0.611. The Morgan fingerprint density at radius 2 is 1.88 bits per heavy atom. The van der Waals surface area contributed by atoms with E-state index in [0.29, 0.717) is 6.54 Å². The Hall–Kier alpha value is -0.820. The normalized spacial score (nSPS) is 17.8. The summed E-state index contributed by atoms with van der Waals surface area (Å²) in [7, 11) is -3.13. The maximum atomic E-state index is 12.3. The molecule has 1 aromatic rings. The Bertz CT molecular complexity index is 704. The molecule has 1 unspecified atom stereocenters. The molecule has 5 nitrogen and oxygen atoms in total. The number of hydrogen-bond acceptors (Lipinski definition) is 4. The van der Waals surface area contributed by atoms with Gasteiger partial charge in [-0.2, -0.15) is 0 Å². The molecule has 26 heavy (non-hydrogen) atoms. The zero-order valence-electron chi connectivity index (χ0n) is 15.0. The van der Waals surface area contributed by atoms with E-state index in [1.807, 2.05) is 24.3 Å². The average Bonchev–Trinajstić information content (AvgIpc) is 2.58. The van der Waals surface area contributed by atoms with Gasteiger partial charge in [0.2, 0.25) is 5.91 Å². The molecule has 1 aliphatic carbocycles. The average molecular weight is 423 g/mol. The molecule has 0 bridgehead atoms. The van der Waals surface area contributed by atoms with Crippen LogP contribution in [0.15, 0.2) is 24.3 Å². The van der Waals surface area contributed by atoms with Crippen LogP contribution in [-0.4, -0.2) is 38.9 Å². The van der Waals surface area contributed by atoms with Crippen LogP contribution in [0, 0.1) is 0 Å². The number of amides is 1. The summed E-state index contributed by atoms with van der Waals surface area (Å²) in [5, 5.41) is 3.66. The minimum atomic E-state index is -3.13. The summed E-state index contributed by atoms with van der Waals surface area (Å²) in [6.45, 7) is 0.474. The second kappa shape index (κ2) is 9.93. The molecule has 0 aliphatic heterocycles. The van der Waals surface area contributed by atoms with Crippen molar-refractivity contribution in [3.05, 3.63) is 34.9 Å². The lowest BCUT2D eigenvalue weighted by Crippen LogP contribution is -2.48. The lowest BCUT2D eigenvalue weighted by molar-refractivity contribution is -0.122. The highest BCUT2D eigenvalue weighted by atomic mass is 35.5. The Balaban J connectivity index is 0.00000338. The van der Waals surface area contributed by atoms with Gasteiger partial charge in [0.15, 0.2) is 0 Å². The Labute approximate surface area is 167 Å². The molecule has 0 aromatic heterocycles. The van der Waals surface area contributed by atoms with E-state index in [1.54, 1.807) is 0 Å². The van der Waals surface area contributed by atoms with Gasteiger partial charge in [0, 0.05) is 23.2 Å². The van der Waals surface area contributed by atoms with Crippen molar-refractivity contribution in [1.82, 2.24) is 5.32 Å². The van der Waals surface area contributed by atoms with E-state index in [0.717, 1.165) is 42.5 Å². The Kier molecular flexibility index (Phi) is 8.86. The molecule has 0 heterocycles. The molecule has 3 N–H and O–H groups in total. The summed E-state index contributed by atoms with van der Waals surface area (Å²) in [5.74, 6) is -0.391. The molecule has 1 fully saturated rings. The van der Waals surface area contributed by atoms with Gasteiger partial charge in [0.1, 0.15) is 9.84 Å². The number of carbonyl (C=O) groups excluding carboxylic acids is 1. The SMILES string of the molecule is CS(=O)(=O)CCC(N)C(=O)NCC1(c2ccccc2Cl)CCCCC1.Cl. The smallest absolute Gasteiger partial charge is 0.236 e. The maximum absolute atomic E-state index is 12.3. The van der Waals surface area contributed by atoms with Gasteiger partial charge in [-0.25, -0.2) is 8.42 Å². The van der Waals surface area contributed by atoms with Gasteiger partial charge >= 0.3 is 0 Å². The molecule has 148 valence electrons. The zero-order chi connectivity index (χ0) is 18.5. The number of sulfone groups is 1. The number of nitrogens with two attached hydrogens (primary N) is 1. The predicted octanol–water partition coefficient (Wildman–Crippen LogP) is 2.84. The Morgan fingerprint density at radius 3 is 2.46 bits per heavy atom. The molecular formula is C18H28Cl2N2O3S. The van der Waals surface area contributed by atoms with Crippen LogP contribution in [0.4, 0.5) is 0 Å².